The predicted octanol–water partition coefficient (Wildman–Crippen LogP) is 0.506. The third kappa shape index (κ3) is 2.68. The van der Waals surface area contributed by atoms with Gasteiger partial charge in [-0.25, -0.2) is 0 Å². The summed E-state index contributed by atoms with van der Waals surface area (Å²) in [6.07, 6.45) is 0.139. The van der Waals surface area contributed by atoms with Gasteiger partial charge in [-0.2, -0.15) is 0 Å². The van der Waals surface area contributed by atoms with E-state index in [1.54, 1.807) is 6.92 Å². The van der Waals surface area contributed by atoms with Gasteiger partial charge < -0.3 is 19.3 Å². The van der Waals surface area contributed by atoms with Gasteiger partial charge in [0.2, 0.25) is 0 Å². The molecule has 0 aliphatic heterocycles. The van der Waals surface area contributed by atoms with Crippen molar-refractivity contribution < 1.29 is 23.9 Å². The Kier molecular flexibility index (Phi) is 4.06. The number of hydrogen-bond acceptors (Lipinski definition) is 3. The Balaban J connectivity index is 4.60. The molecule has 0 aromatic heterocycles. The van der Waals surface area contributed by atoms with Crippen LogP contribution in [-0.4, -0.2) is 28.0 Å². The molecule has 0 saturated heterocycles. The van der Waals surface area contributed by atoms with Gasteiger partial charge in [-0.15, -0.1) is 0 Å². The first kappa shape index (κ1) is 11.8. The molecule has 2 N–H and O–H groups in total. The average Bonchev–Trinajstić information content (AvgIpc) is 1.86. The average molecular weight is 196 g/mol. The lowest BCUT2D eigenvalue weighted by Gasteiger charge is -2.27. The molecule has 0 saturated carbocycles. The first-order valence-corrected chi connectivity index (χ1v) is 5.12. The molecule has 0 aliphatic rings. The second-order valence-electron chi connectivity index (χ2n) is 2.52. The van der Waals surface area contributed by atoms with E-state index in [-0.39, 0.29) is 13.0 Å². The Hall–Kier alpha value is -0.220. The molecule has 12 heavy (non-hydrogen) atoms. The van der Waals surface area contributed by atoms with E-state index in [4.69, 9.17) is 14.5 Å². The molecule has 0 rings (SSSR count). The summed E-state index contributed by atoms with van der Waals surface area (Å²) in [5.41, 5.74) is 0. The largest absolute Gasteiger partial charge is 0.362 e. The van der Waals surface area contributed by atoms with Gasteiger partial charge in [0, 0.05) is 13.0 Å². The molecule has 6 heteroatoms. The Morgan fingerprint density at radius 2 is 2.08 bits per heavy atom. The zero-order chi connectivity index (χ0) is 9.83. The van der Waals surface area contributed by atoms with Crippen LogP contribution in [0.2, 0.25) is 0 Å². The monoisotopic (exact) mass is 196 g/mol. The number of carbonyl (C=O) groups excluding carboxylic acids is 1. The second kappa shape index (κ2) is 4.14. The summed E-state index contributed by atoms with van der Waals surface area (Å²) in [6, 6.07) is 0. The fourth-order valence-corrected chi connectivity index (χ4v) is 1.34. The summed E-state index contributed by atoms with van der Waals surface area (Å²) < 4.78 is 15.7. The van der Waals surface area contributed by atoms with Crippen LogP contribution in [0.4, 0.5) is 0 Å². The lowest BCUT2D eigenvalue weighted by atomic mass is 10.3. The smallest absolute Gasteiger partial charge is 0.357 e. The zero-order valence-electron chi connectivity index (χ0n) is 7.06. The predicted molar refractivity (Wildman–Crippen MR) is 42.8 cm³/mol. The first-order valence-electron chi connectivity index (χ1n) is 3.50. The molecule has 0 amide bonds. The highest BCUT2D eigenvalue weighted by atomic mass is 31.2. The topological polar surface area (TPSA) is 83.8 Å². The van der Waals surface area contributed by atoms with Crippen LogP contribution in [0.3, 0.4) is 0 Å². The van der Waals surface area contributed by atoms with Gasteiger partial charge in [-0.05, 0) is 13.8 Å². The Labute approximate surface area is 70.9 Å². The molecular weight excluding hydrogens is 183 g/mol. The maximum Gasteiger partial charge on any atom is 0.357 e. The number of carbonyl (C=O) groups is 1. The molecule has 0 spiro atoms. The molecule has 0 aliphatic carbocycles. The van der Waals surface area contributed by atoms with Crippen LogP contribution in [0, 0.1) is 0 Å². The third-order valence-electron chi connectivity index (χ3n) is 1.53. The summed E-state index contributed by atoms with van der Waals surface area (Å²) in [4.78, 5) is 27.8. The highest BCUT2D eigenvalue weighted by molar-refractivity contribution is 7.53. The normalized spacial score (nSPS) is 17.0. The standard InChI is InChI=1S/C6H13O5P/c1-3-11-6(2,4-5-7)12(8,9)10/h5H,3-4H2,1-2H3,(H2,8,9,10). The minimum absolute atomic E-state index is 0.162. The summed E-state index contributed by atoms with van der Waals surface area (Å²) in [6.45, 7) is 3.00. The number of ether oxygens (including phenoxy) is 1. The molecule has 5 nitrogen and oxygen atoms in total. The van der Waals surface area contributed by atoms with Gasteiger partial charge in [0.1, 0.15) is 6.29 Å². The van der Waals surface area contributed by atoms with Crippen molar-refractivity contribution in [2.24, 2.45) is 0 Å². The van der Waals surface area contributed by atoms with E-state index in [0.29, 0.717) is 6.29 Å². The number of aldehydes is 1. The summed E-state index contributed by atoms with van der Waals surface area (Å²) >= 11 is 0. The SMILES string of the molecule is CCOC(C)(CC=O)P(=O)(O)O. The number of hydrogen-bond donors (Lipinski definition) is 2. The van der Waals surface area contributed by atoms with Crippen molar-refractivity contribution in [2.45, 2.75) is 25.6 Å². The Bertz CT molecular complexity index is 198. The molecule has 0 heterocycles. The fourth-order valence-electron chi connectivity index (χ4n) is 0.728. The van der Waals surface area contributed by atoms with Crippen LogP contribution in [-0.2, 0) is 14.1 Å². The van der Waals surface area contributed by atoms with Crippen molar-refractivity contribution in [3.63, 3.8) is 0 Å². The van der Waals surface area contributed by atoms with Crippen molar-refractivity contribution in [3.05, 3.63) is 0 Å². The van der Waals surface area contributed by atoms with Crippen molar-refractivity contribution in [3.8, 4) is 0 Å². The molecule has 0 aromatic carbocycles. The van der Waals surface area contributed by atoms with E-state index in [0.717, 1.165) is 0 Å². The van der Waals surface area contributed by atoms with Gasteiger partial charge >= 0.3 is 7.60 Å². The van der Waals surface area contributed by atoms with Crippen LogP contribution in [0.25, 0.3) is 0 Å². The van der Waals surface area contributed by atoms with E-state index < -0.39 is 12.9 Å². The Morgan fingerprint density at radius 3 is 2.33 bits per heavy atom. The maximum atomic E-state index is 10.8. The van der Waals surface area contributed by atoms with Crippen molar-refractivity contribution in [1.29, 1.82) is 0 Å². The van der Waals surface area contributed by atoms with Crippen LogP contribution in [0.15, 0.2) is 0 Å². The Morgan fingerprint density at radius 1 is 1.58 bits per heavy atom. The van der Waals surface area contributed by atoms with E-state index in [9.17, 15) is 9.36 Å². The quantitative estimate of drug-likeness (QED) is 0.494. The van der Waals surface area contributed by atoms with Gasteiger partial charge in [-0.3, -0.25) is 4.57 Å². The lowest BCUT2D eigenvalue weighted by molar-refractivity contribution is -0.111. The molecule has 0 aromatic rings. The van der Waals surface area contributed by atoms with Crippen LogP contribution >= 0.6 is 7.60 Å². The summed E-state index contributed by atoms with van der Waals surface area (Å²) in [5, 5.41) is -1.66. The fraction of sp³-hybridized carbons (Fsp3) is 0.833. The highest BCUT2D eigenvalue weighted by Crippen LogP contribution is 2.52. The van der Waals surface area contributed by atoms with Crippen LogP contribution < -0.4 is 0 Å². The highest BCUT2D eigenvalue weighted by Gasteiger charge is 2.42. The van der Waals surface area contributed by atoms with Crippen LogP contribution in [0.5, 0.6) is 0 Å². The molecule has 0 bridgehead atoms. The van der Waals surface area contributed by atoms with Gasteiger partial charge in [0.05, 0.1) is 0 Å². The minimum atomic E-state index is -4.37. The lowest BCUT2D eigenvalue weighted by Crippen LogP contribution is -2.29. The van der Waals surface area contributed by atoms with E-state index in [1.807, 2.05) is 0 Å². The van der Waals surface area contributed by atoms with E-state index in [1.165, 1.54) is 6.92 Å². The third-order valence-corrected chi connectivity index (χ3v) is 3.08. The molecule has 72 valence electrons. The molecule has 1 unspecified atom stereocenters. The zero-order valence-corrected chi connectivity index (χ0v) is 7.95. The first-order chi connectivity index (χ1) is 5.37. The van der Waals surface area contributed by atoms with E-state index in [2.05, 4.69) is 0 Å². The van der Waals surface area contributed by atoms with Crippen molar-refractivity contribution in [1.82, 2.24) is 0 Å². The molecule has 1 atom stereocenters. The molecule has 0 fully saturated rings. The van der Waals surface area contributed by atoms with Crippen molar-refractivity contribution in [2.75, 3.05) is 6.61 Å². The summed E-state index contributed by atoms with van der Waals surface area (Å²) in [5.74, 6) is 0. The van der Waals surface area contributed by atoms with Crippen LogP contribution in [0.1, 0.15) is 20.3 Å². The minimum Gasteiger partial charge on any atom is -0.362 e. The van der Waals surface area contributed by atoms with Gasteiger partial charge in [-0.1, -0.05) is 0 Å². The van der Waals surface area contributed by atoms with E-state index >= 15 is 0 Å². The summed E-state index contributed by atoms with van der Waals surface area (Å²) in [7, 11) is -4.37. The van der Waals surface area contributed by atoms with Gasteiger partial charge in [0.25, 0.3) is 0 Å². The van der Waals surface area contributed by atoms with Gasteiger partial charge in [0.15, 0.2) is 5.34 Å². The second-order valence-corrected chi connectivity index (χ2v) is 4.56. The molecular formula is C6H13O5P. The number of rotatable bonds is 5. The molecule has 0 radical (unpaired) electrons. The maximum absolute atomic E-state index is 10.8. The van der Waals surface area contributed by atoms with Crippen molar-refractivity contribution >= 4 is 13.9 Å².